The summed E-state index contributed by atoms with van der Waals surface area (Å²) in [6.07, 6.45) is 7.04. The lowest BCUT2D eigenvalue weighted by molar-refractivity contribution is 0.0892. The summed E-state index contributed by atoms with van der Waals surface area (Å²) in [4.78, 5) is 16.6. The van der Waals surface area contributed by atoms with Crippen molar-refractivity contribution in [3.63, 3.8) is 0 Å². The van der Waals surface area contributed by atoms with Crippen molar-refractivity contribution in [1.29, 1.82) is 0 Å². The maximum atomic E-state index is 12.6. The van der Waals surface area contributed by atoms with E-state index in [1.807, 2.05) is 10.8 Å². The lowest BCUT2D eigenvalue weighted by Gasteiger charge is -2.31. The highest BCUT2D eigenvalue weighted by atomic mass is 16.1. The van der Waals surface area contributed by atoms with Crippen molar-refractivity contribution in [2.24, 2.45) is 5.41 Å². The van der Waals surface area contributed by atoms with Gasteiger partial charge in [-0.25, -0.2) is 9.50 Å². The fourth-order valence-corrected chi connectivity index (χ4v) is 2.26. The van der Waals surface area contributed by atoms with Crippen LogP contribution in [0.25, 0.3) is 5.65 Å². The van der Waals surface area contributed by atoms with Crippen LogP contribution in [0.4, 0.5) is 0 Å². The highest BCUT2D eigenvalue weighted by molar-refractivity contribution is 5.95. The predicted molar refractivity (Wildman–Crippen MR) is 83.7 cm³/mol. The lowest BCUT2D eigenvalue weighted by atomic mass is 9.86. The molecule has 0 bridgehead atoms. The molecule has 3 aromatic heterocycles. The van der Waals surface area contributed by atoms with Gasteiger partial charge in [0.1, 0.15) is 0 Å². The van der Waals surface area contributed by atoms with Crippen molar-refractivity contribution < 1.29 is 4.79 Å². The molecule has 1 amide bonds. The van der Waals surface area contributed by atoms with E-state index in [4.69, 9.17) is 0 Å². The summed E-state index contributed by atoms with van der Waals surface area (Å²) in [6.45, 7) is 6.95. The summed E-state index contributed by atoms with van der Waals surface area (Å²) >= 11 is 0. The minimum absolute atomic E-state index is 0.0450. The summed E-state index contributed by atoms with van der Waals surface area (Å²) < 4.78 is 3.48. The van der Waals surface area contributed by atoms with E-state index in [0.29, 0.717) is 17.8 Å². The SMILES string of the molecule is CC(C)(C)[C@@H](Cn1ccnc1)NC(=O)c1ccn2nnnc2c1. The van der Waals surface area contributed by atoms with Crippen LogP contribution in [0.5, 0.6) is 0 Å². The van der Waals surface area contributed by atoms with Crippen LogP contribution < -0.4 is 5.32 Å². The number of hydrogen-bond acceptors (Lipinski definition) is 5. The van der Waals surface area contributed by atoms with E-state index in [0.717, 1.165) is 0 Å². The van der Waals surface area contributed by atoms with E-state index >= 15 is 0 Å². The molecule has 1 N–H and O–H groups in total. The highest BCUT2D eigenvalue weighted by Crippen LogP contribution is 2.21. The summed E-state index contributed by atoms with van der Waals surface area (Å²) in [6, 6.07) is 3.33. The molecule has 3 aromatic rings. The van der Waals surface area contributed by atoms with Crippen LogP contribution in [-0.4, -0.2) is 41.5 Å². The molecule has 3 rings (SSSR count). The predicted octanol–water partition coefficient (Wildman–Crippen LogP) is 1.17. The fraction of sp³-hybridized carbons (Fsp3) is 0.400. The molecule has 0 aliphatic carbocycles. The van der Waals surface area contributed by atoms with E-state index in [1.54, 1.807) is 30.9 Å². The van der Waals surface area contributed by atoms with Gasteiger partial charge in [0.2, 0.25) is 0 Å². The maximum Gasteiger partial charge on any atom is 0.251 e. The second-order valence-corrected chi connectivity index (χ2v) is 6.55. The minimum Gasteiger partial charge on any atom is -0.347 e. The molecular formula is C15H19N7O. The number of carbonyl (C=O) groups excluding carboxylic acids is 1. The Bertz CT molecular complexity index is 801. The topological polar surface area (TPSA) is 90.0 Å². The van der Waals surface area contributed by atoms with Gasteiger partial charge < -0.3 is 9.88 Å². The fourth-order valence-electron chi connectivity index (χ4n) is 2.26. The molecule has 0 saturated carbocycles. The van der Waals surface area contributed by atoms with Gasteiger partial charge in [0, 0.05) is 30.7 Å². The zero-order valence-electron chi connectivity index (χ0n) is 13.3. The molecule has 120 valence electrons. The Labute approximate surface area is 133 Å². The largest absolute Gasteiger partial charge is 0.347 e. The summed E-state index contributed by atoms with van der Waals surface area (Å²) in [5.41, 5.74) is 0.979. The molecule has 0 aliphatic heterocycles. The molecule has 8 nitrogen and oxygen atoms in total. The van der Waals surface area contributed by atoms with Crippen LogP contribution >= 0.6 is 0 Å². The molecule has 8 heteroatoms. The van der Waals surface area contributed by atoms with Crippen molar-refractivity contribution in [1.82, 2.24) is 34.9 Å². The van der Waals surface area contributed by atoms with E-state index in [2.05, 4.69) is 46.6 Å². The van der Waals surface area contributed by atoms with Gasteiger partial charge in [0.15, 0.2) is 5.65 Å². The second-order valence-electron chi connectivity index (χ2n) is 6.55. The average Bonchev–Trinajstić information content (AvgIpc) is 3.15. The van der Waals surface area contributed by atoms with Gasteiger partial charge in [-0.1, -0.05) is 20.8 Å². The normalized spacial score (nSPS) is 13.2. The Morgan fingerprint density at radius 1 is 1.35 bits per heavy atom. The Morgan fingerprint density at radius 3 is 2.87 bits per heavy atom. The number of nitrogens with one attached hydrogen (secondary N) is 1. The van der Waals surface area contributed by atoms with Gasteiger partial charge in [-0.05, 0) is 28.0 Å². The standard InChI is InChI=1S/C15H19N7O/c1-15(2,3)12(9-21-7-5-16-10-21)17-14(23)11-4-6-22-13(8-11)18-19-20-22/h4-8,10,12H,9H2,1-3H3,(H,17,23)/t12-/m1/s1. The van der Waals surface area contributed by atoms with Gasteiger partial charge in [-0.2, -0.15) is 0 Å². The number of hydrogen-bond donors (Lipinski definition) is 1. The second kappa shape index (κ2) is 5.79. The first-order valence-corrected chi connectivity index (χ1v) is 7.38. The summed E-state index contributed by atoms with van der Waals surface area (Å²) in [5.74, 6) is -0.143. The Hall–Kier alpha value is -2.77. The number of nitrogens with zero attached hydrogens (tertiary/aromatic N) is 6. The number of carbonyl (C=O) groups is 1. The minimum atomic E-state index is -0.143. The monoisotopic (exact) mass is 313 g/mol. The molecule has 0 aliphatic rings. The summed E-state index contributed by atoms with van der Waals surface area (Å²) in [5, 5.41) is 14.3. The molecule has 0 unspecified atom stereocenters. The van der Waals surface area contributed by atoms with E-state index in [9.17, 15) is 4.79 Å². The van der Waals surface area contributed by atoms with Crippen molar-refractivity contribution >= 4 is 11.6 Å². The molecule has 0 radical (unpaired) electrons. The highest BCUT2D eigenvalue weighted by Gasteiger charge is 2.27. The number of aromatic nitrogens is 6. The van der Waals surface area contributed by atoms with Crippen molar-refractivity contribution in [3.8, 4) is 0 Å². The zero-order chi connectivity index (χ0) is 16.4. The van der Waals surface area contributed by atoms with Gasteiger partial charge in [-0.15, -0.1) is 5.10 Å². The number of imidazole rings is 1. The van der Waals surface area contributed by atoms with Crippen LogP contribution in [0.2, 0.25) is 0 Å². The van der Waals surface area contributed by atoms with Gasteiger partial charge >= 0.3 is 0 Å². The van der Waals surface area contributed by atoms with E-state index < -0.39 is 0 Å². The molecule has 1 atom stereocenters. The molecule has 3 heterocycles. The number of amides is 1. The van der Waals surface area contributed by atoms with Crippen LogP contribution in [0.15, 0.2) is 37.1 Å². The lowest BCUT2D eigenvalue weighted by Crippen LogP contribution is -2.46. The van der Waals surface area contributed by atoms with Crippen LogP contribution in [0, 0.1) is 5.41 Å². The first kappa shape index (κ1) is 15.1. The molecule has 0 fully saturated rings. The zero-order valence-corrected chi connectivity index (χ0v) is 13.3. The smallest absolute Gasteiger partial charge is 0.251 e. The van der Waals surface area contributed by atoms with Gasteiger partial charge in [-0.3, -0.25) is 4.79 Å². The Morgan fingerprint density at radius 2 is 2.17 bits per heavy atom. The average molecular weight is 313 g/mol. The van der Waals surface area contributed by atoms with E-state index in [-0.39, 0.29) is 17.4 Å². The van der Waals surface area contributed by atoms with Crippen LogP contribution in [0.1, 0.15) is 31.1 Å². The van der Waals surface area contributed by atoms with Crippen molar-refractivity contribution in [2.75, 3.05) is 0 Å². The first-order valence-electron chi connectivity index (χ1n) is 7.38. The third kappa shape index (κ3) is 3.36. The molecule has 0 saturated heterocycles. The van der Waals surface area contributed by atoms with Crippen molar-refractivity contribution in [2.45, 2.75) is 33.4 Å². The number of fused-ring (bicyclic) bond motifs is 1. The molecule has 0 spiro atoms. The molecule has 0 aromatic carbocycles. The third-order valence-corrected chi connectivity index (χ3v) is 3.76. The number of pyridine rings is 1. The number of rotatable bonds is 4. The first-order chi connectivity index (χ1) is 10.9. The van der Waals surface area contributed by atoms with Crippen LogP contribution in [-0.2, 0) is 6.54 Å². The van der Waals surface area contributed by atoms with E-state index in [1.165, 1.54) is 4.52 Å². The number of tetrazole rings is 1. The third-order valence-electron chi connectivity index (χ3n) is 3.76. The van der Waals surface area contributed by atoms with Crippen LogP contribution in [0.3, 0.4) is 0 Å². The van der Waals surface area contributed by atoms with Gasteiger partial charge in [0.25, 0.3) is 5.91 Å². The molecular weight excluding hydrogens is 294 g/mol. The molecule has 23 heavy (non-hydrogen) atoms. The Kier molecular flexibility index (Phi) is 3.81. The van der Waals surface area contributed by atoms with Crippen molar-refractivity contribution in [3.05, 3.63) is 42.6 Å². The Balaban J connectivity index is 1.79. The van der Waals surface area contributed by atoms with Gasteiger partial charge in [0.05, 0.1) is 12.4 Å². The summed E-state index contributed by atoms with van der Waals surface area (Å²) in [7, 11) is 0. The quantitative estimate of drug-likeness (QED) is 0.781. The maximum absolute atomic E-state index is 12.6.